The molecule has 1 heterocycles. The number of anilines is 2. The van der Waals surface area contributed by atoms with Gasteiger partial charge >= 0.3 is 6.03 Å². The predicted octanol–water partition coefficient (Wildman–Crippen LogP) is 8.60. The van der Waals surface area contributed by atoms with Crippen molar-refractivity contribution >= 4 is 46.6 Å². The zero-order valence-electron chi connectivity index (χ0n) is 24.9. The SMILES string of the molecule is CC(C)c1cccc(C(C)C)c1NC(=O)N(CC(=O)Nc1cc(C(C)(C)C)nn1-c1ccc(Cl)c(Cl)c1)C(C)C. The largest absolute Gasteiger partial charge is 0.322 e. The van der Waals surface area contributed by atoms with Gasteiger partial charge in [-0.05, 0) is 55.0 Å². The van der Waals surface area contributed by atoms with Gasteiger partial charge in [0.1, 0.15) is 12.4 Å². The lowest BCUT2D eigenvalue weighted by atomic mass is 9.92. The summed E-state index contributed by atoms with van der Waals surface area (Å²) in [4.78, 5) is 28.5. The van der Waals surface area contributed by atoms with Gasteiger partial charge in [-0.15, -0.1) is 0 Å². The van der Waals surface area contributed by atoms with Gasteiger partial charge in [-0.3, -0.25) is 4.79 Å². The number of nitrogens with zero attached hydrogens (tertiary/aromatic N) is 3. The van der Waals surface area contributed by atoms with E-state index in [0.717, 1.165) is 22.5 Å². The number of amides is 3. The molecule has 9 heteroatoms. The van der Waals surface area contributed by atoms with E-state index in [1.165, 1.54) is 4.90 Å². The van der Waals surface area contributed by atoms with Crippen LogP contribution in [0.4, 0.5) is 16.3 Å². The molecule has 1 aromatic heterocycles. The van der Waals surface area contributed by atoms with E-state index in [1.807, 2.05) is 58.9 Å². The van der Waals surface area contributed by atoms with Crippen LogP contribution in [0.3, 0.4) is 0 Å². The van der Waals surface area contributed by atoms with Gasteiger partial charge in [0.05, 0.1) is 21.4 Å². The zero-order valence-corrected chi connectivity index (χ0v) is 26.4. The van der Waals surface area contributed by atoms with Crippen LogP contribution in [0.2, 0.25) is 10.0 Å². The number of benzene rings is 2. The molecule has 0 radical (unpaired) electrons. The fourth-order valence-electron chi connectivity index (χ4n) is 4.35. The molecule has 0 spiro atoms. The van der Waals surface area contributed by atoms with Crippen molar-refractivity contribution in [1.29, 1.82) is 0 Å². The van der Waals surface area contributed by atoms with E-state index < -0.39 is 0 Å². The van der Waals surface area contributed by atoms with E-state index in [0.29, 0.717) is 21.6 Å². The van der Waals surface area contributed by atoms with Crippen LogP contribution in [0, 0.1) is 0 Å². The van der Waals surface area contributed by atoms with E-state index >= 15 is 0 Å². The second-order valence-corrected chi connectivity index (χ2v) is 12.8. The monoisotopic (exact) mass is 585 g/mol. The lowest BCUT2D eigenvalue weighted by Crippen LogP contribution is -2.45. The summed E-state index contributed by atoms with van der Waals surface area (Å²) in [6.07, 6.45) is 0. The van der Waals surface area contributed by atoms with E-state index in [1.54, 1.807) is 22.9 Å². The van der Waals surface area contributed by atoms with Gasteiger partial charge in [-0.1, -0.05) is 89.9 Å². The number of urea groups is 1. The summed E-state index contributed by atoms with van der Waals surface area (Å²) in [5, 5.41) is 11.6. The van der Waals surface area contributed by atoms with Crippen LogP contribution < -0.4 is 10.6 Å². The average molecular weight is 587 g/mol. The second kappa shape index (κ2) is 12.6. The van der Waals surface area contributed by atoms with Crippen LogP contribution in [-0.4, -0.2) is 39.2 Å². The highest BCUT2D eigenvalue weighted by Gasteiger charge is 2.26. The number of hydrogen-bond acceptors (Lipinski definition) is 3. The van der Waals surface area contributed by atoms with Crippen LogP contribution in [0.15, 0.2) is 42.5 Å². The van der Waals surface area contributed by atoms with E-state index in [2.05, 4.69) is 38.3 Å². The third-order valence-corrected chi connectivity index (χ3v) is 7.44. The van der Waals surface area contributed by atoms with Crippen LogP contribution in [0.25, 0.3) is 5.69 Å². The van der Waals surface area contributed by atoms with Crippen molar-refractivity contribution < 1.29 is 9.59 Å². The highest BCUT2D eigenvalue weighted by Crippen LogP contribution is 2.33. The Kier molecular flexibility index (Phi) is 9.96. The number of hydrogen-bond donors (Lipinski definition) is 2. The highest BCUT2D eigenvalue weighted by molar-refractivity contribution is 6.42. The average Bonchev–Trinajstić information content (AvgIpc) is 3.28. The molecule has 0 saturated heterocycles. The van der Waals surface area contributed by atoms with Crippen LogP contribution in [0.5, 0.6) is 0 Å². The van der Waals surface area contributed by atoms with Gasteiger partial charge < -0.3 is 15.5 Å². The third kappa shape index (κ3) is 7.38. The van der Waals surface area contributed by atoms with Crippen molar-refractivity contribution in [1.82, 2.24) is 14.7 Å². The van der Waals surface area contributed by atoms with Gasteiger partial charge in [-0.2, -0.15) is 5.10 Å². The quantitative estimate of drug-likeness (QED) is 0.277. The van der Waals surface area contributed by atoms with Crippen molar-refractivity contribution in [2.75, 3.05) is 17.2 Å². The molecular weight excluding hydrogens is 545 g/mol. The van der Waals surface area contributed by atoms with Crippen molar-refractivity contribution in [3.63, 3.8) is 0 Å². The maximum Gasteiger partial charge on any atom is 0.322 e. The highest BCUT2D eigenvalue weighted by atomic mass is 35.5. The van der Waals surface area contributed by atoms with E-state index in [4.69, 9.17) is 28.3 Å². The van der Waals surface area contributed by atoms with Crippen LogP contribution in [0.1, 0.15) is 91.0 Å². The second-order valence-electron chi connectivity index (χ2n) is 12.0. The van der Waals surface area contributed by atoms with Crippen molar-refractivity contribution in [2.45, 2.75) is 85.6 Å². The van der Waals surface area contributed by atoms with Gasteiger partial charge in [-0.25, -0.2) is 9.48 Å². The molecule has 0 fully saturated rings. The van der Waals surface area contributed by atoms with Crippen LogP contribution >= 0.6 is 23.2 Å². The van der Waals surface area contributed by atoms with Crippen molar-refractivity contribution in [3.05, 3.63) is 69.3 Å². The fraction of sp³-hybridized carbons (Fsp3) is 0.452. The summed E-state index contributed by atoms with van der Waals surface area (Å²) >= 11 is 12.4. The Balaban J connectivity index is 1.89. The molecular formula is C31H41Cl2N5O2. The summed E-state index contributed by atoms with van der Waals surface area (Å²) in [6, 6.07) is 12.6. The Labute approximate surface area is 248 Å². The smallest absolute Gasteiger partial charge is 0.313 e. The minimum Gasteiger partial charge on any atom is -0.313 e. The summed E-state index contributed by atoms with van der Waals surface area (Å²) in [5.74, 6) is 0.586. The number of rotatable bonds is 8. The maximum atomic E-state index is 13.6. The minimum absolute atomic E-state index is 0.137. The van der Waals surface area contributed by atoms with Gasteiger partial charge in [0.2, 0.25) is 5.91 Å². The molecule has 0 atom stereocenters. The minimum atomic E-state index is -0.341. The Hall–Kier alpha value is -3.03. The molecule has 0 saturated carbocycles. The van der Waals surface area contributed by atoms with Gasteiger partial charge in [0, 0.05) is 23.2 Å². The molecule has 0 unspecified atom stereocenters. The van der Waals surface area contributed by atoms with E-state index in [-0.39, 0.29) is 41.8 Å². The summed E-state index contributed by atoms with van der Waals surface area (Å²) in [6.45, 7) is 18.2. The number of nitrogens with one attached hydrogen (secondary N) is 2. The molecule has 0 bridgehead atoms. The normalized spacial score (nSPS) is 11.8. The topological polar surface area (TPSA) is 79.3 Å². The molecule has 0 aliphatic heterocycles. The van der Waals surface area contributed by atoms with Crippen LogP contribution in [-0.2, 0) is 10.2 Å². The fourth-order valence-corrected chi connectivity index (χ4v) is 4.64. The lowest BCUT2D eigenvalue weighted by Gasteiger charge is -2.28. The van der Waals surface area contributed by atoms with E-state index in [9.17, 15) is 9.59 Å². The van der Waals surface area contributed by atoms with Crippen molar-refractivity contribution in [2.24, 2.45) is 0 Å². The molecule has 0 aliphatic carbocycles. The van der Waals surface area contributed by atoms with Gasteiger partial charge in [0.15, 0.2) is 0 Å². The molecule has 0 aliphatic rings. The molecule has 2 N–H and O–H groups in total. The third-order valence-electron chi connectivity index (χ3n) is 6.70. The number of para-hydroxylation sites is 1. The molecule has 3 amide bonds. The maximum absolute atomic E-state index is 13.6. The molecule has 3 aromatic rings. The number of carbonyl (C=O) groups is 2. The standard InChI is InChI=1S/C31H41Cl2N5O2/c1-18(2)22-11-10-12-23(19(3)4)29(22)35-30(40)37(20(5)6)17-28(39)34-27-16-26(31(7,8)9)36-38(27)21-13-14-24(32)25(33)15-21/h10-16,18-20H,17H2,1-9H3,(H,34,39)(H,35,40). The molecule has 216 valence electrons. The zero-order chi connectivity index (χ0) is 29.9. The Morgan fingerprint density at radius 1 is 0.900 bits per heavy atom. The Morgan fingerprint density at radius 2 is 1.50 bits per heavy atom. The Bertz CT molecular complexity index is 1350. The predicted molar refractivity (Wildman–Crippen MR) is 166 cm³/mol. The first kappa shape index (κ1) is 31.5. The number of halogens is 2. The Morgan fingerprint density at radius 3 is 2.00 bits per heavy atom. The first-order valence-corrected chi connectivity index (χ1v) is 14.4. The first-order chi connectivity index (χ1) is 18.6. The summed E-state index contributed by atoms with van der Waals surface area (Å²) in [7, 11) is 0. The first-order valence-electron chi connectivity index (χ1n) is 13.7. The molecule has 2 aromatic carbocycles. The van der Waals surface area contributed by atoms with Gasteiger partial charge in [0.25, 0.3) is 0 Å². The molecule has 40 heavy (non-hydrogen) atoms. The molecule has 7 nitrogen and oxygen atoms in total. The van der Waals surface area contributed by atoms with Crippen molar-refractivity contribution in [3.8, 4) is 5.69 Å². The number of carbonyl (C=O) groups excluding carboxylic acids is 2. The summed E-state index contributed by atoms with van der Waals surface area (Å²) in [5.41, 5.74) is 4.13. The summed E-state index contributed by atoms with van der Waals surface area (Å²) < 4.78 is 1.63. The lowest BCUT2D eigenvalue weighted by molar-refractivity contribution is -0.117. The molecule has 3 rings (SSSR count). The number of aromatic nitrogens is 2.